The number of carbonyl (C=O) groups excluding carboxylic acids is 3. The molecule has 0 aromatic carbocycles. The van der Waals surface area contributed by atoms with Crippen molar-refractivity contribution in [2.45, 2.75) is 71.2 Å². The van der Waals surface area contributed by atoms with Crippen LogP contribution in [0.4, 0.5) is 0 Å². The van der Waals surface area contributed by atoms with E-state index in [0.717, 1.165) is 32.1 Å². The van der Waals surface area contributed by atoms with Crippen LogP contribution < -0.4 is 0 Å². The molecule has 1 N–H and O–H groups in total. The van der Waals surface area contributed by atoms with E-state index >= 15 is 0 Å². The summed E-state index contributed by atoms with van der Waals surface area (Å²) in [7, 11) is 0. The number of ether oxygens (including phenoxy) is 2. The summed E-state index contributed by atoms with van der Waals surface area (Å²) in [6.07, 6.45) is 6.49. The highest BCUT2D eigenvalue weighted by Crippen LogP contribution is 2.71. The monoisotopic (exact) mass is 402 g/mol. The van der Waals surface area contributed by atoms with Gasteiger partial charge in [-0.05, 0) is 67.8 Å². The van der Waals surface area contributed by atoms with Crippen LogP contribution in [0.5, 0.6) is 0 Å². The summed E-state index contributed by atoms with van der Waals surface area (Å²) in [6, 6.07) is 0. The number of aliphatic hydroxyl groups excluding tert-OH is 1. The second kappa shape index (κ2) is 6.48. The topological polar surface area (TPSA) is 89.9 Å². The molecule has 0 radical (unpaired) electrons. The smallest absolute Gasteiger partial charge is 0.303 e. The van der Waals surface area contributed by atoms with Gasteiger partial charge in [-0.1, -0.05) is 12.5 Å². The van der Waals surface area contributed by atoms with E-state index in [0.29, 0.717) is 18.8 Å². The molecule has 3 saturated carbocycles. The number of ketones is 2. The molecule has 158 valence electrons. The van der Waals surface area contributed by atoms with Crippen molar-refractivity contribution in [3.8, 4) is 0 Å². The van der Waals surface area contributed by atoms with Crippen LogP contribution in [-0.4, -0.2) is 41.6 Å². The lowest BCUT2D eigenvalue weighted by atomic mass is 9.46. The van der Waals surface area contributed by atoms with E-state index < -0.39 is 17.7 Å². The summed E-state index contributed by atoms with van der Waals surface area (Å²) in [6.45, 7) is 3.37. The molecule has 5 rings (SSSR count). The predicted octanol–water partition coefficient (Wildman–Crippen LogP) is 2.57. The number of hydrogen-bond acceptors (Lipinski definition) is 6. The minimum atomic E-state index is -0.946. The zero-order chi connectivity index (χ0) is 20.6. The second-order valence-corrected chi connectivity index (χ2v) is 10.1. The predicted molar refractivity (Wildman–Crippen MR) is 102 cm³/mol. The number of aliphatic hydroxyl groups is 1. The number of fused-ring (bicyclic) bond motifs is 6. The number of rotatable bonds is 3. The molecule has 29 heavy (non-hydrogen) atoms. The summed E-state index contributed by atoms with van der Waals surface area (Å²) in [5, 5.41) is 11.1. The molecule has 4 fully saturated rings. The number of hydrogen-bond donors (Lipinski definition) is 1. The molecular weight excluding hydrogens is 372 g/mol. The van der Waals surface area contributed by atoms with Gasteiger partial charge in [0.2, 0.25) is 0 Å². The molecule has 1 saturated heterocycles. The van der Waals surface area contributed by atoms with Crippen LogP contribution in [-0.2, 0) is 23.9 Å². The Morgan fingerprint density at radius 1 is 1.28 bits per heavy atom. The zero-order valence-corrected chi connectivity index (χ0v) is 17.2. The molecule has 6 heteroatoms. The van der Waals surface area contributed by atoms with Crippen LogP contribution in [0.1, 0.15) is 58.8 Å². The molecular formula is C23H30O6. The van der Waals surface area contributed by atoms with Crippen molar-refractivity contribution in [2.24, 2.45) is 34.5 Å². The highest BCUT2D eigenvalue weighted by atomic mass is 16.6. The lowest BCUT2D eigenvalue weighted by Crippen LogP contribution is -2.55. The Hall–Kier alpha value is -1.53. The maximum atomic E-state index is 12.9. The van der Waals surface area contributed by atoms with Crippen LogP contribution in [0.25, 0.3) is 0 Å². The van der Waals surface area contributed by atoms with E-state index in [4.69, 9.17) is 9.47 Å². The van der Waals surface area contributed by atoms with Gasteiger partial charge in [0.25, 0.3) is 0 Å². The minimum Gasteiger partial charge on any atom is -0.458 e. The van der Waals surface area contributed by atoms with Crippen molar-refractivity contribution in [1.82, 2.24) is 0 Å². The van der Waals surface area contributed by atoms with Crippen LogP contribution in [0.15, 0.2) is 11.6 Å². The lowest BCUT2D eigenvalue weighted by molar-refractivity contribution is -0.163. The maximum absolute atomic E-state index is 12.9. The highest BCUT2D eigenvalue weighted by Gasteiger charge is 2.71. The highest BCUT2D eigenvalue weighted by molar-refractivity contribution is 5.91. The standard InChI is InChI=1S/C23H30O6/c1-12(24)28-11-18(26)17-6-5-16-15-4-3-13-9-14(25)7-8-22(13,2)20(15)19-10-23(16,17)21(27)29-19/h9,15-17,19-21,27H,3-8,10-11H2,1-2H3/t15-,16-,17-,19-,20+,21-,22-,23+/m0/s1. The van der Waals surface area contributed by atoms with Gasteiger partial charge in [0.05, 0.1) is 6.10 Å². The summed E-state index contributed by atoms with van der Waals surface area (Å²) in [5.74, 6) is 0.289. The Morgan fingerprint density at radius 3 is 2.83 bits per heavy atom. The van der Waals surface area contributed by atoms with Gasteiger partial charge >= 0.3 is 5.97 Å². The zero-order valence-electron chi connectivity index (χ0n) is 17.2. The first-order valence-electron chi connectivity index (χ1n) is 11.0. The van der Waals surface area contributed by atoms with E-state index in [1.165, 1.54) is 12.5 Å². The summed E-state index contributed by atoms with van der Waals surface area (Å²) >= 11 is 0. The van der Waals surface area contributed by atoms with Gasteiger partial charge in [0, 0.05) is 24.7 Å². The fraction of sp³-hybridized carbons (Fsp3) is 0.783. The summed E-state index contributed by atoms with van der Waals surface area (Å²) < 4.78 is 11.2. The molecule has 0 amide bonds. The first-order valence-corrected chi connectivity index (χ1v) is 11.0. The van der Waals surface area contributed by atoms with Crippen LogP contribution >= 0.6 is 0 Å². The molecule has 1 aliphatic heterocycles. The van der Waals surface area contributed by atoms with Gasteiger partial charge in [0.1, 0.15) is 6.61 Å². The maximum Gasteiger partial charge on any atom is 0.303 e. The van der Waals surface area contributed by atoms with E-state index in [1.807, 2.05) is 6.08 Å². The quantitative estimate of drug-likeness (QED) is 0.730. The Balaban J connectivity index is 1.48. The minimum absolute atomic E-state index is 0.0580. The van der Waals surface area contributed by atoms with Crippen molar-refractivity contribution in [1.29, 1.82) is 0 Å². The molecule has 1 heterocycles. The molecule has 6 nitrogen and oxygen atoms in total. The molecule has 0 aromatic heterocycles. The number of allylic oxidation sites excluding steroid dienone is 1. The Labute approximate surface area is 171 Å². The van der Waals surface area contributed by atoms with Gasteiger partial charge < -0.3 is 14.6 Å². The molecule has 8 atom stereocenters. The largest absolute Gasteiger partial charge is 0.458 e. The van der Waals surface area contributed by atoms with E-state index in [9.17, 15) is 19.5 Å². The first kappa shape index (κ1) is 19.4. The number of carbonyl (C=O) groups is 3. The average molecular weight is 402 g/mol. The van der Waals surface area contributed by atoms with Gasteiger partial charge in [-0.2, -0.15) is 0 Å². The van der Waals surface area contributed by atoms with Gasteiger partial charge in [-0.3, -0.25) is 14.4 Å². The summed E-state index contributed by atoms with van der Waals surface area (Å²) in [4.78, 5) is 36.1. The lowest BCUT2D eigenvalue weighted by Gasteiger charge is -2.57. The van der Waals surface area contributed by atoms with Crippen molar-refractivity contribution < 1.29 is 29.0 Å². The third-order valence-corrected chi connectivity index (χ3v) is 9.05. The first-order chi connectivity index (χ1) is 13.8. The van der Waals surface area contributed by atoms with E-state index in [2.05, 4.69) is 6.92 Å². The van der Waals surface area contributed by atoms with Crippen molar-refractivity contribution in [2.75, 3.05) is 6.61 Å². The fourth-order valence-electron chi connectivity index (χ4n) is 7.96. The molecule has 0 unspecified atom stereocenters. The van der Waals surface area contributed by atoms with Crippen LogP contribution in [0.3, 0.4) is 0 Å². The van der Waals surface area contributed by atoms with Crippen molar-refractivity contribution >= 4 is 17.5 Å². The second-order valence-electron chi connectivity index (χ2n) is 10.1. The Morgan fingerprint density at radius 2 is 2.07 bits per heavy atom. The third-order valence-electron chi connectivity index (χ3n) is 9.05. The van der Waals surface area contributed by atoms with Gasteiger partial charge in [0.15, 0.2) is 17.9 Å². The van der Waals surface area contributed by atoms with Crippen LogP contribution in [0, 0.1) is 34.5 Å². The van der Waals surface area contributed by atoms with E-state index in [1.54, 1.807) is 0 Å². The molecule has 4 aliphatic carbocycles. The van der Waals surface area contributed by atoms with Crippen molar-refractivity contribution in [3.63, 3.8) is 0 Å². The van der Waals surface area contributed by atoms with Crippen LogP contribution in [0.2, 0.25) is 0 Å². The number of Topliss-reactive ketones (excluding diaryl/α,β-unsaturated/α-hetero) is 1. The molecule has 0 aromatic rings. The molecule has 2 bridgehead atoms. The normalized spacial score (nSPS) is 47.7. The Kier molecular flexibility index (Phi) is 4.34. The fourth-order valence-corrected chi connectivity index (χ4v) is 7.96. The van der Waals surface area contributed by atoms with Gasteiger partial charge in [-0.25, -0.2) is 0 Å². The van der Waals surface area contributed by atoms with Gasteiger partial charge in [-0.15, -0.1) is 0 Å². The average Bonchev–Trinajstić information content (AvgIpc) is 3.19. The number of esters is 1. The third kappa shape index (κ3) is 2.57. The van der Waals surface area contributed by atoms with Crippen molar-refractivity contribution in [3.05, 3.63) is 11.6 Å². The molecule has 5 aliphatic rings. The SMILES string of the molecule is CC(=O)OCC(=O)[C@@H]1CC[C@H]2[C@@H]3CCC4=CC(=O)CC[C@]4(C)[C@H]3[C@@H]3C[C@]12[C@@H](O)O3. The molecule has 1 spiro atoms. The summed E-state index contributed by atoms with van der Waals surface area (Å²) in [5.41, 5.74) is 0.649. The Bertz CT molecular complexity index is 801. The van der Waals surface area contributed by atoms with E-state index in [-0.39, 0.29) is 47.4 Å².